The highest BCUT2D eigenvalue weighted by molar-refractivity contribution is 5.90. The van der Waals surface area contributed by atoms with E-state index in [1.807, 2.05) is 25.1 Å². The van der Waals surface area contributed by atoms with Gasteiger partial charge in [-0.05, 0) is 57.5 Å². The lowest BCUT2D eigenvalue weighted by atomic mass is 9.98. The number of likely N-dealkylation sites (tertiary alicyclic amines) is 1. The molecule has 2 unspecified atom stereocenters. The number of nitrogens with zero attached hydrogens (tertiary/aromatic N) is 1. The van der Waals surface area contributed by atoms with Crippen molar-refractivity contribution in [2.45, 2.75) is 38.8 Å². The van der Waals surface area contributed by atoms with E-state index in [0.717, 1.165) is 30.6 Å². The van der Waals surface area contributed by atoms with Crippen molar-refractivity contribution in [3.63, 3.8) is 0 Å². The molecule has 1 aromatic rings. The molecule has 1 fully saturated rings. The van der Waals surface area contributed by atoms with Crippen molar-refractivity contribution in [2.24, 2.45) is 0 Å². The normalized spacial score (nSPS) is 23.4. The van der Waals surface area contributed by atoms with Crippen LogP contribution in [0.2, 0.25) is 0 Å². The van der Waals surface area contributed by atoms with E-state index in [4.69, 9.17) is 4.74 Å². The first kappa shape index (κ1) is 14.9. The minimum atomic E-state index is -0.285. The molecule has 0 amide bonds. The Labute approximate surface area is 121 Å². The largest absolute Gasteiger partial charge is 0.465 e. The van der Waals surface area contributed by atoms with Gasteiger partial charge in [0.05, 0.1) is 12.7 Å². The van der Waals surface area contributed by atoms with E-state index >= 15 is 0 Å². The molecule has 1 N–H and O–H groups in total. The molecule has 1 aliphatic rings. The van der Waals surface area contributed by atoms with Crippen LogP contribution in [0.15, 0.2) is 18.2 Å². The first-order valence-electron chi connectivity index (χ1n) is 7.17. The average molecular weight is 276 g/mol. The summed E-state index contributed by atoms with van der Waals surface area (Å²) < 4.78 is 4.74. The Balaban J connectivity index is 2.05. The third kappa shape index (κ3) is 3.31. The van der Waals surface area contributed by atoms with Gasteiger partial charge < -0.3 is 15.0 Å². The number of carbonyl (C=O) groups is 1. The Kier molecular flexibility index (Phi) is 4.65. The van der Waals surface area contributed by atoms with Crippen LogP contribution in [0.3, 0.4) is 0 Å². The summed E-state index contributed by atoms with van der Waals surface area (Å²) in [4.78, 5) is 13.9. The third-order valence-electron chi connectivity index (χ3n) is 4.22. The summed E-state index contributed by atoms with van der Waals surface area (Å²) in [5.41, 5.74) is 2.80. The van der Waals surface area contributed by atoms with Crippen molar-refractivity contribution in [2.75, 3.05) is 26.0 Å². The molecule has 1 aromatic carbocycles. The maximum absolute atomic E-state index is 11.5. The van der Waals surface area contributed by atoms with Gasteiger partial charge in [0, 0.05) is 24.3 Å². The number of aryl methyl sites for hydroxylation is 1. The number of methoxy groups -OCH3 is 1. The average Bonchev–Trinajstić information content (AvgIpc) is 2.44. The van der Waals surface area contributed by atoms with E-state index < -0.39 is 0 Å². The molecule has 1 aliphatic heterocycles. The van der Waals surface area contributed by atoms with E-state index in [1.54, 1.807) is 0 Å². The van der Waals surface area contributed by atoms with Gasteiger partial charge in [0.25, 0.3) is 0 Å². The summed E-state index contributed by atoms with van der Waals surface area (Å²) in [7, 11) is 3.58. The van der Waals surface area contributed by atoms with Gasteiger partial charge >= 0.3 is 5.97 Å². The van der Waals surface area contributed by atoms with E-state index in [0.29, 0.717) is 17.6 Å². The Morgan fingerprint density at radius 2 is 2.20 bits per heavy atom. The summed E-state index contributed by atoms with van der Waals surface area (Å²) in [6, 6.07) is 6.79. The predicted octanol–water partition coefficient (Wildman–Crippen LogP) is 2.68. The number of nitrogens with one attached hydrogen (secondary N) is 1. The summed E-state index contributed by atoms with van der Waals surface area (Å²) in [5, 5.41) is 3.61. The minimum Gasteiger partial charge on any atom is -0.465 e. The number of carbonyl (C=O) groups excluding carboxylic acids is 1. The topological polar surface area (TPSA) is 41.6 Å². The van der Waals surface area contributed by atoms with Gasteiger partial charge in [-0.2, -0.15) is 0 Å². The molecule has 4 heteroatoms. The minimum absolute atomic E-state index is 0.285. The van der Waals surface area contributed by atoms with Crippen LogP contribution in [0, 0.1) is 6.92 Å². The number of esters is 1. The van der Waals surface area contributed by atoms with Crippen molar-refractivity contribution in [1.29, 1.82) is 0 Å². The summed E-state index contributed by atoms with van der Waals surface area (Å²) in [5.74, 6) is -0.285. The number of benzene rings is 1. The Bertz CT molecular complexity index is 487. The highest BCUT2D eigenvalue weighted by Crippen LogP contribution is 2.23. The van der Waals surface area contributed by atoms with Gasteiger partial charge in [0.15, 0.2) is 0 Å². The molecule has 20 heavy (non-hydrogen) atoms. The fourth-order valence-electron chi connectivity index (χ4n) is 2.71. The number of hydrogen-bond donors (Lipinski definition) is 1. The van der Waals surface area contributed by atoms with Crippen molar-refractivity contribution < 1.29 is 9.53 Å². The van der Waals surface area contributed by atoms with Crippen molar-refractivity contribution in [3.8, 4) is 0 Å². The van der Waals surface area contributed by atoms with Crippen LogP contribution in [0.4, 0.5) is 5.69 Å². The van der Waals surface area contributed by atoms with E-state index in [2.05, 4.69) is 24.2 Å². The van der Waals surface area contributed by atoms with E-state index in [1.165, 1.54) is 7.11 Å². The van der Waals surface area contributed by atoms with Gasteiger partial charge in [-0.3, -0.25) is 0 Å². The molecule has 0 bridgehead atoms. The van der Waals surface area contributed by atoms with Crippen LogP contribution in [-0.2, 0) is 4.74 Å². The van der Waals surface area contributed by atoms with Crippen LogP contribution >= 0.6 is 0 Å². The second-order valence-electron chi connectivity index (χ2n) is 5.72. The van der Waals surface area contributed by atoms with E-state index in [-0.39, 0.29) is 5.97 Å². The van der Waals surface area contributed by atoms with Gasteiger partial charge in [0.1, 0.15) is 0 Å². The number of ether oxygens (including phenoxy) is 1. The van der Waals surface area contributed by atoms with Crippen LogP contribution in [-0.4, -0.2) is 43.7 Å². The number of hydrogen-bond acceptors (Lipinski definition) is 4. The maximum Gasteiger partial charge on any atom is 0.337 e. The molecule has 0 aromatic heterocycles. The highest BCUT2D eigenvalue weighted by atomic mass is 16.5. The highest BCUT2D eigenvalue weighted by Gasteiger charge is 2.22. The lowest BCUT2D eigenvalue weighted by molar-refractivity contribution is 0.0600. The van der Waals surface area contributed by atoms with Crippen molar-refractivity contribution in [3.05, 3.63) is 29.3 Å². The summed E-state index contributed by atoms with van der Waals surface area (Å²) in [6.45, 7) is 5.41. The zero-order valence-electron chi connectivity index (χ0n) is 12.8. The first-order valence-corrected chi connectivity index (χ1v) is 7.17. The van der Waals surface area contributed by atoms with Crippen molar-refractivity contribution in [1.82, 2.24) is 4.90 Å². The molecule has 0 spiro atoms. The number of piperidine rings is 1. The Morgan fingerprint density at radius 3 is 2.80 bits per heavy atom. The van der Waals surface area contributed by atoms with Crippen LogP contribution in [0.5, 0.6) is 0 Å². The standard InChI is InChI=1S/C16H24N2O2/c1-11-9-13(16(19)20-4)5-6-15(11)17-14-7-8-18(3)12(2)10-14/h5-6,9,12,14,17H,7-8,10H2,1-4H3. The lowest BCUT2D eigenvalue weighted by Gasteiger charge is -2.36. The van der Waals surface area contributed by atoms with Crippen LogP contribution in [0.25, 0.3) is 0 Å². The summed E-state index contributed by atoms with van der Waals surface area (Å²) >= 11 is 0. The van der Waals surface area contributed by atoms with Crippen LogP contribution < -0.4 is 5.32 Å². The number of rotatable bonds is 3. The van der Waals surface area contributed by atoms with Crippen molar-refractivity contribution >= 4 is 11.7 Å². The predicted molar refractivity (Wildman–Crippen MR) is 81.3 cm³/mol. The second kappa shape index (κ2) is 6.27. The molecular formula is C16H24N2O2. The zero-order valence-corrected chi connectivity index (χ0v) is 12.8. The quantitative estimate of drug-likeness (QED) is 0.862. The van der Waals surface area contributed by atoms with Gasteiger partial charge in [-0.15, -0.1) is 0 Å². The lowest BCUT2D eigenvalue weighted by Crippen LogP contribution is -2.42. The first-order chi connectivity index (χ1) is 9.51. The third-order valence-corrected chi connectivity index (χ3v) is 4.22. The van der Waals surface area contributed by atoms with Gasteiger partial charge in [-0.25, -0.2) is 4.79 Å². The fourth-order valence-corrected chi connectivity index (χ4v) is 2.71. The molecule has 0 aliphatic carbocycles. The molecule has 0 saturated carbocycles. The second-order valence-corrected chi connectivity index (χ2v) is 5.72. The molecule has 1 heterocycles. The fraction of sp³-hybridized carbons (Fsp3) is 0.562. The monoisotopic (exact) mass is 276 g/mol. The molecular weight excluding hydrogens is 252 g/mol. The van der Waals surface area contributed by atoms with Gasteiger partial charge in [0.2, 0.25) is 0 Å². The Morgan fingerprint density at radius 1 is 1.45 bits per heavy atom. The molecule has 4 nitrogen and oxygen atoms in total. The Hall–Kier alpha value is -1.55. The smallest absolute Gasteiger partial charge is 0.337 e. The molecule has 110 valence electrons. The SMILES string of the molecule is COC(=O)c1ccc(NC2CCN(C)C(C)C2)c(C)c1. The zero-order chi connectivity index (χ0) is 14.7. The van der Waals surface area contributed by atoms with Crippen LogP contribution in [0.1, 0.15) is 35.7 Å². The van der Waals surface area contributed by atoms with Gasteiger partial charge in [-0.1, -0.05) is 0 Å². The summed E-state index contributed by atoms with van der Waals surface area (Å²) in [6.07, 6.45) is 2.30. The molecule has 1 saturated heterocycles. The maximum atomic E-state index is 11.5. The molecule has 0 radical (unpaired) electrons. The number of anilines is 1. The molecule has 2 atom stereocenters. The molecule has 2 rings (SSSR count). The van der Waals surface area contributed by atoms with E-state index in [9.17, 15) is 4.79 Å².